The summed E-state index contributed by atoms with van der Waals surface area (Å²) in [6.07, 6.45) is 0.889. The maximum Gasteiger partial charge on any atom is 0.193 e. The number of anilines is 1. The Morgan fingerprint density at radius 1 is 1.08 bits per heavy atom. The summed E-state index contributed by atoms with van der Waals surface area (Å²) in [6.45, 7) is 2.00. The fourth-order valence-corrected chi connectivity index (χ4v) is 3.04. The Morgan fingerprint density at radius 3 is 2.64 bits per heavy atom. The summed E-state index contributed by atoms with van der Waals surface area (Å²) in [5.74, 6) is 2.80. The predicted molar refractivity (Wildman–Crippen MR) is 115 cm³/mol. The van der Waals surface area contributed by atoms with Gasteiger partial charge in [-0.1, -0.05) is 18.2 Å². The average molecular weight is 471 g/mol. The van der Waals surface area contributed by atoms with Crippen molar-refractivity contribution in [2.45, 2.75) is 11.3 Å². The first-order chi connectivity index (χ1) is 11.8. The zero-order chi connectivity index (χ0) is 16.6. The number of nitrogens with one attached hydrogen (secondary N) is 1. The lowest BCUT2D eigenvalue weighted by Gasteiger charge is -2.10. The van der Waals surface area contributed by atoms with Gasteiger partial charge < -0.3 is 20.5 Å². The monoisotopic (exact) mass is 471 g/mol. The first-order valence-corrected chi connectivity index (χ1v) is 8.94. The number of halogens is 1. The number of nitrogens with two attached hydrogens (primary N) is 1. The van der Waals surface area contributed by atoms with Crippen molar-refractivity contribution in [2.75, 3.05) is 30.8 Å². The molecule has 134 valence electrons. The summed E-state index contributed by atoms with van der Waals surface area (Å²) in [5.41, 5.74) is 6.79. The minimum Gasteiger partial charge on any atom is -0.490 e. The molecule has 0 atom stereocenters. The van der Waals surface area contributed by atoms with Gasteiger partial charge in [-0.2, -0.15) is 0 Å². The third kappa shape index (κ3) is 6.32. The van der Waals surface area contributed by atoms with E-state index in [1.165, 1.54) is 4.90 Å². The molecule has 1 aliphatic heterocycles. The Bertz CT molecular complexity index is 698. The van der Waals surface area contributed by atoms with Crippen LogP contribution >= 0.6 is 35.7 Å². The van der Waals surface area contributed by atoms with E-state index in [1.54, 1.807) is 11.8 Å². The summed E-state index contributed by atoms with van der Waals surface area (Å²) in [5, 5.41) is 3.09. The van der Waals surface area contributed by atoms with E-state index in [2.05, 4.69) is 22.4 Å². The molecule has 2 aromatic carbocycles. The van der Waals surface area contributed by atoms with Crippen LogP contribution in [0.2, 0.25) is 0 Å². The Balaban J connectivity index is 0.00000225. The molecule has 0 amide bonds. The molecule has 0 bridgehead atoms. The van der Waals surface area contributed by atoms with Crippen LogP contribution in [0.25, 0.3) is 0 Å². The summed E-state index contributed by atoms with van der Waals surface area (Å²) in [4.78, 5) is 5.59. The van der Waals surface area contributed by atoms with Gasteiger partial charge in [0.1, 0.15) is 0 Å². The quantitative estimate of drug-likeness (QED) is 0.227. The van der Waals surface area contributed by atoms with Gasteiger partial charge in [-0.15, -0.1) is 35.7 Å². The van der Waals surface area contributed by atoms with Crippen molar-refractivity contribution in [3.05, 3.63) is 48.5 Å². The van der Waals surface area contributed by atoms with Crippen LogP contribution in [0.5, 0.6) is 11.5 Å². The van der Waals surface area contributed by atoms with E-state index in [0.29, 0.717) is 25.7 Å². The number of guanidine groups is 1. The third-order valence-corrected chi connectivity index (χ3v) is 4.40. The van der Waals surface area contributed by atoms with Crippen molar-refractivity contribution in [1.29, 1.82) is 0 Å². The molecule has 0 saturated carbocycles. The van der Waals surface area contributed by atoms with E-state index in [0.717, 1.165) is 29.4 Å². The molecule has 3 N–H and O–H groups in total. The lowest BCUT2D eigenvalue weighted by molar-refractivity contribution is 0.297. The second-order valence-corrected chi connectivity index (χ2v) is 6.43. The number of thioether (sulfide) groups is 1. The van der Waals surface area contributed by atoms with Gasteiger partial charge >= 0.3 is 0 Å². The summed E-state index contributed by atoms with van der Waals surface area (Å²) >= 11 is 1.76. The number of ether oxygens (including phenoxy) is 2. The minimum absolute atomic E-state index is 0. The lowest BCUT2D eigenvalue weighted by Crippen LogP contribution is -2.23. The number of aliphatic imine (C=N–C) groups is 1. The minimum atomic E-state index is 0. The first-order valence-electron chi connectivity index (χ1n) is 7.96. The molecule has 2 aromatic rings. The van der Waals surface area contributed by atoms with Crippen molar-refractivity contribution in [2.24, 2.45) is 10.7 Å². The Labute approximate surface area is 169 Å². The van der Waals surface area contributed by atoms with Crippen LogP contribution in [-0.4, -0.2) is 31.5 Å². The number of nitrogens with zero attached hydrogens (tertiary/aromatic N) is 1. The topological polar surface area (TPSA) is 68.9 Å². The Morgan fingerprint density at radius 2 is 1.84 bits per heavy atom. The van der Waals surface area contributed by atoms with Crippen molar-refractivity contribution in [1.82, 2.24) is 0 Å². The fraction of sp³-hybridized carbons (Fsp3) is 0.278. The number of hydrogen-bond donors (Lipinski definition) is 2. The summed E-state index contributed by atoms with van der Waals surface area (Å²) in [7, 11) is 0. The molecule has 5 nitrogen and oxygen atoms in total. The largest absolute Gasteiger partial charge is 0.490 e. The second-order valence-electron chi connectivity index (χ2n) is 5.27. The zero-order valence-electron chi connectivity index (χ0n) is 13.8. The SMILES string of the molecule is I.NC(=NCCSc1ccccc1)Nc1ccc2c(c1)OCCCO2. The normalized spacial score (nSPS) is 13.5. The van der Waals surface area contributed by atoms with E-state index in [-0.39, 0.29) is 24.0 Å². The van der Waals surface area contributed by atoms with Crippen molar-refractivity contribution in [3.8, 4) is 11.5 Å². The van der Waals surface area contributed by atoms with Crippen molar-refractivity contribution < 1.29 is 9.47 Å². The number of benzene rings is 2. The molecule has 0 saturated heterocycles. The highest BCUT2D eigenvalue weighted by molar-refractivity contribution is 14.0. The van der Waals surface area contributed by atoms with E-state index < -0.39 is 0 Å². The van der Waals surface area contributed by atoms with Gasteiger partial charge in [0.25, 0.3) is 0 Å². The molecule has 3 rings (SSSR count). The van der Waals surface area contributed by atoms with Gasteiger partial charge in [0.05, 0.1) is 19.8 Å². The van der Waals surface area contributed by atoms with Crippen LogP contribution in [0.15, 0.2) is 58.4 Å². The molecular weight excluding hydrogens is 449 g/mol. The first kappa shape index (κ1) is 19.7. The molecular formula is C18H22IN3O2S. The van der Waals surface area contributed by atoms with Crippen LogP contribution in [-0.2, 0) is 0 Å². The lowest BCUT2D eigenvalue weighted by atomic mass is 10.3. The second kappa shape index (κ2) is 10.4. The molecule has 7 heteroatoms. The van der Waals surface area contributed by atoms with Crippen molar-refractivity contribution >= 4 is 47.4 Å². The number of rotatable bonds is 5. The molecule has 0 fully saturated rings. The standard InChI is InChI=1S/C18H21N3O2S.HI/c19-18(20-9-12-24-15-5-2-1-3-6-15)21-14-7-8-16-17(13-14)23-11-4-10-22-16;/h1-3,5-8,13H,4,9-12H2,(H3,19,20,21);1H. The van der Waals surface area contributed by atoms with Gasteiger partial charge in [-0.05, 0) is 24.3 Å². The Kier molecular flexibility index (Phi) is 8.20. The maximum atomic E-state index is 5.95. The van der Waals surface area contributed by atoms with Gasteiger partial charge in [-0.25, -0.2) is 0 Å². The molecule has 1 aliphatic rings. The van der Waals surface area contributed by atoms with Crippen molar-refractivity contribution in [3.63, 3.8) is 0 Å². The van der Waals surface area contributed by atoms with E-state index in [9.17, 15) is 0 Å². The smallest absolute Gasteiger partial charge is 0.193 e. The maximum absolute atomic E-state index is 5.95. The van der Waals surface area contributed by atoms with Crippen LogP contribution in [0.4, 0.5) is 5.69 Å². The molecule has 0 unspecified atom stereocenters. The van der Waals surface area contributed by atoms with Crippen LogP contribution in [0, 0.1) is 0 Å². The number of hydrogen-bond acceptors (Lipinski definition) is 4. The predicted octanol–water partition coefficient (Wildman–Crippen LogP) is 3.98. The third-order valence-electron chi connectivity index (χ3n) is 3.41. The van der Waals surface area contributed by atoms with Gasteiger partial charge in [0.2, 0.25) is 0 Å². The average Bonchev–Trinajstić information content (AvgIpc) is 2.84. The summed E-state index contributed by atoms with van der Waals surface area (Å²) in [6, 6.07) is 16.0. The molecule has 0 spiro atoms. The fourth-order valence-electron chi connectivity index (χ4n) is 2.27. The highest BCUT2D eigenvalue weighted by atomic mass is 127. The molecule has 0 radical (unpaired) electrons. The summed E-state index contributed by atoms with van der Waals surface area (Å²) < 4.78 is 11.3. The number of fused-ring (bicyclic) bond motifs is 1. The van der Waals surface area contributed by atoms with Crippen LogP contribution in [0.1, 0.15) is 6.42 Å². The zero-order valence-corrected chi connectivity index (χ0v) is 17.0. The Hall–Kier alpha value is -1.61. The van der Waals surface area contributed by atoms with Gasteiger partial charge in [-0.3, -0.25) is 4.99 Å². The molecule has 0 aromatic heterocycles. The molecule has 25 heavy (non-hydrogen) atoms. The molecule has 1 heterocycles. The van der Waals surface area contributed by atoms with Gasteiger partial charge in [0.15, 0.2) is 17.5 Å². The van der Waals surface area contributed by atoms with Crippen LogP contribution < -0.4 is 20.5 Å². The highest BCUT2D eigenvalue weighted by Gasteiger charge is 2.10. The van der Waals surface area contributed by atoms with Crippen LogP contribution in [0.3, 0.4) is 0 Å². The van der Waals surface area contributed by atoms with E-state index in [4.69, 9.17) is 15.2 Å². The van der Waals surface area contributed by atoms with Gasteiger partial charge in [0, 0.05) is 28.8 Å². The van der Waals surface area contributed by atoms with E-state index in [1.807, 2.05) is 36.4 Å². The highest BCUT2D eigenvalue weighted by Crippen LogP contribution is 2.32. The molecule has 0 aliphatic carbocycles. The van der Waals surface area contributed by atoms with E-state index >= 15 is 0 Å².